The Bertz CT molecular complexity index is 293. The molecule has 0 spiro atoms. The summed E-state index contributed by atoms with van der Waals surface area (Å²) in [7, 11) is 2.04. The summed E-state index contributed by atoms with van der Waals surface area (Å²) in [6.45, 7) is 6.68. The van der Waals surface area contributed by atoms with Crippen molar-refractivity contribution in [3.63, 3.8) is 0 Å². The maximum Gasteiger partial charge on any atom is 0.0426 e. The van der Waals surface area contributed by atoms with E-state index in [1.807, 2.05) is 18.4 Å². The molecule has 0 aliphatic heterocycles. The monoisotopic (exact) mass is 275 g/mol. The second-order valence-electron chi connectivity index (χ2n) is 4.04. The predicted octanol–water partition coefficient (Wildman–Crippen LogP) is 4.13. The van der Waals surface area contributed by atoms with Crippen molar-refractivity contribution in [1.82, 2.24) is 5.32 Å². The van der Waals surface area contributed by atoms with Gasteiger partial charge in [-0.1, -0.05) is 13.8 Å². The van der Waals surface area contributed by atoms with Gasteiger partial charge in [-0.05, 0) is 48.3 Å². The molecule has 0 saturated carbocycles. The van der Waals surface area contributed by atoms with E-state index in [9.17, 15) is 0 Å². The Morgan fingerprint density at radius 3 is 2.50 bits per heavy atom. The fourth-order valence-electron chi connectivity index (χ4n) is 1.57. The van der Waals surface area contributed by atoms with Gasteiger partial charge in [-0.15, -0.1) is 11.3 Å². The molecule has 0 radical (unpaired) electrons. The van der Waals surface area contributed by atoms with Crippen molar-refractivity contribution in [3.8, 4) is 0 Å². The first-order chi connectivity index (χ1) is 6.54. The zero-order valence-corrected chi connectivity index (χ0v) is 11.6. The van der Waals surface area contributed by atoms with Crippen molar-refractivity contribution in [3.05, 3.63) is 20.3 Å². The molecule has 1 nitrogen and oxygen atoms in total. The highest BCUT2D eigenvalue weighted by atomic mass is 79.9. The summed E-state index contributed by atoms with van der Waals surface area (Å²) in [5, 5.41) is 3.38. The van der Waals surface area contributed by atoms with Crippen LogP contribution in [0.15, 0.2) is 10.5 Å². The van der Waals surface area contributed by atoms with E-state index < -0.39 is 0 Å². The van der Waals surface area contributed by atoms with Gasteiger partial charge in [0.15, 0.2) is 0 Å². The van der Waals surface area contributed by atoms with Gasteiger partial charge in [0.05, 0.1) is 0 Å². The fraction of sp³-hybridized carbons (Fsp3) is 0.636. The lowest BCUT2D eigenvalue weighted by Crippen LogP contribution is -2.17. The zero-order chi connectivity index (χ0) is 10.7. The lowest BCUT2D eigenvalue weighted by molar-refractivity contribution is 0.461. The molecule has 1 rings (SSSR count). The molecule has 0 aliphatic rings. The van der Waals surface area contributed by atoms with Crippen LogP contribution in [-0.4, -0.2) is 7.05 Å². The summed E-state index contributed by atoms with van der Waals surface area (Å²) in [6, 6.07) is 2.69. The van der Waals surface area contributed by atoms with Crippen LogP contribution in [0.4, 0.5) is 0 Å². The smallest absolute Gasteiger partial charge is 0.0426 e. The van der Waals surface area contributed by atoms with Crippen LogP contribution < -0.4 is 5.32 Å². The molecule has 80 valence electrons. The van der Waals surface area contributed by atoms with Gasteiger partial charge in [0, 0.05) is 20.3 Å². The number of nitrogens with one attached hydrogen (secondary N) is 1. The molecule has 1 heterocycles. The third-order valence-electron chi connectivity index (χ3n) is 2.21. The lowest BCUT2D eigenvalue weighted by atomic mass is 10.0. The molecule has 0 aliphatic carbocycles. The van der Waals surface area contributed by atoms with Crippen molar-refractivity contribution in [2.75, 3.05) is 7.05 Å². The molecule has 1 atom stereocenters. The van der Waals surface area contributed by atoms with Crippen LogP contribution in [0.25, 0.3) is 0 Å². The third-order valence-corrected chi connectivity index (χ3v) is 4.29. The Kier molecular flexibility index (Phi) is 4.61. The van der Waals surface area contributed by atoms with Crippen LogP contribution in [0.3, 0.4) is 0 Å². The molecular formula is C11H18BrNS. The van der Waals surface area contributed by atoms with E-state index in [1.54, 1.807) is 0 Å². The van der Waals surface area contributed by atoms with Crippen molar-refractivity contribution in [2.24, 2.45) is 5.92 Å². The Balaban J connectivity index is 2.83. The third kappa shape index (κ3) is 3.07. The molecule has 1 N–H and O–H groups in total. The SMILES string of the molecule is CNC(CC(C)C)c1sc(C)cc1Br. The molecule has 3 heteroatoms. The van der Waals surface area contributed by atoms with Crippen molar-refractivity contribution < 1.29 is 0 Å². The molecule has 1 aromatic heterocycles. The standard InChI is InChI=1S/C11H18BrNS/c1-7(2)5-10(13-4)11-9(12)6-8(3)14-11/h6-7,10,13H,5H2,1-4H3. The van der Waals surface area contributed by atoms with E-state index in [0.29, 0.717) is 6.04 Å². The summed E-state index contributed by atoms with van der Waals surface area (Å²) >= 11 is 5.50. The molecule has 1 aromatic rings. The highest BCUT2D eigenvalue weighted by Gasteiger charge is 2.16. The summed E-state index contributed by atoms with van der Waals surface area (Å²) < 4.78 is 1.25. The van der Waals surface area contributed by atoms with Crippen molar-refractivity contribution in [2.45, 2.75) is 33.2 Å². The second-order valence-corrected chi connectivity index (χ2v) is 6.18. The Morgan fingerprint density at radius 1 is 1.50 bits per heavy atom. The van der Waals surface area contributed by atoms with Crippen LogP contribution in [0, 0.1) is 12.8 Å². The molecule has 14 heavy (non-hydrogen) atoms. The lowest BCUT2D eigenvalue weighted by Gasteiger charge is -2.17. The number of halogens is 1. The number of hydrogen-bond acceptors (Lipinski definition) is 2. The topological polar surface area (TPSA) is 12.0 Å². The first kappa shape index (κ1) is 12.2. The highest BCUT2D eigenvalue weighted by molar-refractivity contribution is 9.10. The number of aryl methyl sites for hydroxylation is 1. The molecular weight excluding hydrogens is 258 g/mol. The predicted molar refractivity (Wildman–Crippen MR) is 68.0 cm³/mol. The quantitative estimate of drug-likeness (QED) is 0.872. The molecule has 0 saturated heterocycles. The van der Waals surface area contributed by atoms with E-state index in [2.05, 4.69) is 48.1 Å². The van der Waals surface area contributed by atoms with Crippen molar-refractivity contribution in [1.29, 1.82) is 0 Å². The van der Waals surface area contributed by atoms with E-state index in [4.69, 9.17) is 0 Å². The van der Waals surface area contributed by atoms with Crippen LogP contribution in [0.5, 0.6) is 0 Å². The van der Waals surface area contributed by atoms with Gasteiger partial charge in [0.1, 0.15) is 0 Å². The molecule has 0 fully saturated rings. The van der Waals surface area contributed by atoms with E-state index in [0.717, 1.165) is 5.92 Å². The average Bonchev–Trinajstić information content (AvgIpc) is 2.41. The van der Waals surface area contributed by atoms with Crippen LogP contribution in [0.1, 0.15) is 36.1 Å². The summed E-state index contributed by atoms with van der Waals surface area (Å²) in [4.78, 5) is 2.80. The van der Waals surface area contributed by atoms with Crippen LogP contribution in [0.2, 0.25) is 0 Å². The minimum Gasteiger partial charge on any atom is -0.312 e. The first-order valence-electron chi connectivity index (χ1n) is 4.97. The summed E-state index contributed by atoms with van der Waals surface area (Å²) in [5.74, 6) is 0.724. The van der Waals surface area contributed by atoms with E-state index in [-0.39, 0.29) is 0 Å². The zero-order valence-electron chi connectivity index (χ0n) is 9.23. The maximum absolute atomic E-state index is 3.62. The number of rotatable bonds is 4. The average molecular weight is 276 g/mol. The Morgan fingerprint density at radius 2 is 2.14 bits per heavy atom. The maximum atomic E-state index is 3.62. The van der Waals surface area contributed by atoms with Gasteiger partial charge < -0.3 is 5.32 Å². The molecule has 0 aromatic carbocycles. The van der Waals surface area contributed by atoms with Crippen LogP contribution >= 0.6 is 27.3 Å². The van der Waals surface area contributed by atoms with Gasteiger partial charge in [0.2, 0.25) is 0 Å². The van der Waals surface area contributed by atoms with Gasteiger partial charge in [-0.2, -0.15) is 0 Å². The minimum absolute atomic E-state index is 0.489. The van der Waals surface area contributed by atoms with Gasteiger partial charge in [-0.25, -0.2) is 0 Å². The van der Waals surface area contributed by atoms with E-state index in [1.165, 1.54) is 20.6 Å². The largest absolute Gasteiger partial charge is 0.312 e. The fourth-order valence-corrected chi connectivity index (χ4v) is 3.62. The normalized spacial score (nSPS) is 13.6. The minimum atomic E-state index is 0.489. The van der Waals surface area contributed by atoms with Gasteiger partial charge in [-0.3, -0.25) is 0 Å². The van der Waals surface area contributed by atoms with Crippen molar-refractivity contribution >= 4 is 27.3 Å². The number of hydrogen-bond donors (Lipinski definition) is 1. The van der Waals surface area contributed by atoms with E-state index >= 15 is 0 Å². The first-order valence-corrected chi connectivity index (χ1v) is 6.58. The summed E-state index contributed by atoms with van der Waals surface area (Å²) in [5.41, 5.74) is 0. The Hall–Kier alpha value is 0.140. The highest BCUT2D eigenvalue weighted by Crippen LogP contribution is 2.34. The number of thiophene rings is 1. The Labute approximate surface area is 99.0 Å². The summed E-state index contributed by atoms with van der Waals surface area (Å²) in [6.07, 6.45) is 1.19. The molecule has 0 bridgehead atoms. The van der Waals surface area contributed by atoms with Gasteiger partial charge >= 0.3 is 0 Å². The molecule has 1 unspecified atom stereocenters. The van der Waals surface area contributed by atoms with Crippen LogP contribution in [-0.2, 0) is 0 Å². The molecule has 0 amide bonds. The van der Waals surface area contributed by atoms with Gasteiger partial charge in [0.25, 0.3) is 0 Å². The second kappa shape index (κ2) is 5.29.